The van der Waals surface area contributed by atoms with E-state index in [0.29, 0.717) is 11.5 Å². The molecule has 0 unspecified atom stereocenters. The molecule has 2 aromatic rings. The van der Waals surface area contributed by atoms with Crippen molar-refractivity contribution in [3.8, 4) is 6.07 Å². The lowest BCUT2D eigenvalue weighted by atomic mass is 10.4. The molecule has 0 atom stereocenters. The minimum atomic E-state index is 0.268. The van der Waals surface area contributed by atoms with Crippen molar-refractivity contribution in [2.24, 2.45) is 0 Å². The van der Waals surface area contributed by atoms with Gasteiger partial charge in [0.1, 0.15) is 11.9 Å². The summed E-state index contributed by atoms with van der Waals surface area (Å²) in [5, 5.41) is 9.28. The fraction of sp³-hybridized carbons (Fsp3) is 0.125. The van der Waals surface area contributed by atoms with E-state index in [0.717, 1.165) is 5.39 Å². The number of fused-ring (bicyclic) bond motifs is 1. The highest BCUT2D eigenvalue weighted by Crippen LogP contribution is 2.15. The van der Waals surface area contributed by atoms with E-state index in [4.69, 9.17) is 9.68 Å². The molecule has 0 bridgehead atoms. The highest BCUT2D eigenvalue weighted by atomic mass is 16.3. The Labute approximate surface area is 68.5 Å². The SMILES string of the molecule is Cc1ncc2cc(C#N)oc2n1. The van der Waals surface area contributed by atoms with Crippen LogP contribution in [0.15, 0.2) is 16.7 Å². The first-order valence-electron chi connectivity index (χ1n) is 3.43. The summed E-state index contributed by atoms with van der Waals surface area (Å²) >= 11 is 0. The fourth-order valence-corrected chi connectivity index (χ4v) is 0.969. The summed E-state index contributed by atoms with van der Waals surface area (Å²) in [6.07, 6.45) is 1.64. The number of nitriles is 1. The first-order chi connectivity index (χ1) is 5.79. The zero-order chi connectivity index (χ0) is 8.55. The van der Waals surface area contributed by atoms with Crippen LogP contribution in [0, 0.1) is 18.3 Å². The number of hydrogen-bond donors (Lipinski definition) is 0. The number of furan rings is 1. The molecule has 0 radical (unpaired) electrons. The number of aryl methyl sites for hydroxylation is 1. The summed E-state index contributed by atoms with van der Waals surface area (Å²) in [7, 11) is 0. The van der Waals surface area contributed by atoms with Crippen molar-refractivity contribution in [3.05, 3.63) is 23.8 Å². The zero-order valence-corrected chi connectivity index (χ0v) is 6.40. The Morgan fingerprint density at radius 3 is 3.17 bits per heavy atom. The van der Waals surface area contributed by atoms with Crippen LogP contribution < -0.4 is 0 Å². The molecule has 4 heteroatoms. The van der Waals surface area contributed by atoms with Gasteiger partial charge in [-0.15, -0.1) is 0 Å². The van der Waals surface area contributed by atoms with Crippen molar-refractivity contribution >= 4 is 11.1 Å². The van der Waals surface area contributed by atoms with Gasteiger partial charge in [0.05, 0.1) is 5.39 Å². The molecular formula is C8H5N3O. The maximum absolute atomic E-state index is 8.52. The first-order valence-corrected chi connectivity index (χ1v) is 3.43. The molecule has 58 valence electrons. The van der Waals surface area contributed by atoms with Crippen molar-refractivity contribution < 1.29 is 4.42 Å². The summed E-state index contributed by atoms with van der Waals surface area (Å²) in [6.45, 7) is 1.77. The normalized spacial score (nSPS) is 10.0. The van der Waals surface area contributed by atoms with Gasteiger partial charge >= 0.3 is 0 Å². The molecule has 0 spiro atoms. The molecule has 0 aliphatic heterocycles. The first kappa shape index (κ1) is 6.80. The van der Waals surface area contributed by atoms with Gasteiger partial charge in [-0.05, 0) is 6.92 Å². The number of nitrogens with zero attached hydrogens (tertiary/aromatic N) is 3. The number of rotatable bonds is 0. The van der Waals surface area contributed by atoms with Crippen LogP contribution in [0.3, 0.4) is 0 Å². The van der Waals surface area contributed by atoms with E-state index in [1.807, 2.05) is 6.07 Å². The Hall–Kier alpha value is -1.89. The molecular weight excluding hydrogens is 154 g/mol. The van der Waals surface area contributed by atoms with Crippen LogP contribution >= 0.6 is 0 Å². The highest BCUT2D eigenvalue weighted by Gasteiger charge is 2.03. The van der Waals surface area contributed by atoms with Gasteiger partial charge in [0, 0.05) is 12.3 Å². The molecule has 0 aliphatic carbocycles. The topological polar surface area (TPSA) is 62.7 Å². The molecule has 0 aromatic carbocycles. The van der Waals surface area contributed by atoms with Gasteiger partial charge < -0.3 is 4.42 Å². The van der Waals surface area contributed by atoms with E-state index < -0.39 is 0 Å². The minimum absolute atomic E-state index is 0.268. The summed E-state index contributed by atoms with van der Waals surface area (Å²) in [5.74, 6) is 0.909. The van der Waals surface area contributed by atoms with E-state index in [1.54, 1.807) is 19.2 Å². The quantitative estimate of drug-likeness (QED) is 0.582. The molecule has 0 saturated carbocycles. The van der Waals surface area contributed by atoms with Crippen molar-refractivity contribution in [2.75, 3.05) is 0 Å². The van der Waals surface area contributed by atoms with Crippen molar-refractivity contribution in [1.29, 1.82) is 5.26 Å². The standard InChI is InChI=1S/C8H5N3O/c1-5-10-4-6-2-7(3-9)12-8(6)11-5/h2,4H,1H3. The summed E-state index contributed by atoms with van der Waals surface area (Å²) in [4.78, 5) is 7.99. The third-order valence-electron chi connectivity index (χ3n) is 1.50. The summed E-state index contributed by atoms with van der Waals surface area (Å²) < 4.78 is 5.09. The van der Waals surface area contributed by atoms with Crippen LogP contribution in [0.5, 0.6) is 0 Å². The van der Waals surface area contributed by atoms with Gasteiger partial charge in [0.15, 0.2) is 0 Å². The smallest absolute Gasteiger partial charge is 0.231 e. The van der Waals surface area contributed by atoms with Gasteiger partial charge in [0.2, 0.25) is 11.5 Å². The lowest BCUT2D eigenvalue weighted by Gasteiger charge is -1.87. The molecule has 2 heterocycles. The van der Waals surface area contributed by atoms with E-state index in [9.17, 15) is 0 Å². The average Bonchev–Trinajstić information content (AvgIpc) is 2.46. The highest BCUT2D eigenvalue weighted by molar-refractivity contribution is 5.73. The molecule has 0 saturated heterocycles. The Morgan fingerprint density at radius 2 is 2.42 bits per heavy atom. The Balaban J connectivity index is 2.77. The molecule has 0 N–H and O–H groups in total. The van der Waals surface area contributed by atoms with E-state index in [2.05, 4.69) is 9.97 Å². The van der Waals surface area contributed by atoms with Crippen LogP contribution in [-0.2, 0) is 0 Å². The fourth-order valence-electron chi connectivity index (χ4n) is 0.969. The molecule has 0 fully saturated rings. The van der Waals surface area contributed by atoms with Gasteiger partial charge in [0.25, 0.3) is 0 Å². The summed E-state index contributed by atoms with van der Waals surface area (Å²) in [6, 6.07) is 3.52. The molecule has 4 nitrogen and oxygen atoms in total. The van der Waals surface area contributed by atoms with Gasteiger partial charge in [-0.2, -0.15) is 10.2 Å². The van der Waals surface area contributed by atoms with Crippen molar-refractivity contribution in [1.82, 2.24) is 9.97 Å². The molecule has 0 aliphatic rings. The van der Waals surface area contributed by atoms with Gasteiger partial charge in [-0.3, -0.25) is 0 Å². The summed E-state index contributed by atoms with van der Waals surface area (Å²) in [5.41, 5.74) is 0.471. The average molecular weight is 159 g/mol. The van der Waals surface area contributed by atoms with Crippen molar-refractivity contribution in [2.45, 2.75) is 6.92 Å². The Kier molecular flexibility index (Phi) is 1.31. The van der Waals surface area contributed by atoms with E-state index in [1.165, 1.54) is 0 Å². The van der Waals surface area contributed by atoms with Crippen molar-refractivity contribution in [3.63, 3.8) is 0 Å². The third kappa shape index (κ3) is 0.920. The lowest BCUT2D eigenvalue weighted by molar-refractivity contribution is 0.585. The third-order valence-corrected chi connectivity index (χ3v) is 1.50. The van der Waals surface area contributed by atoms with E-state index in [-0.39, 0.29) is 5.76 Å². The minimum Gasteiger partial charge on any atom is -0.427 e. The molecule has 12 heavy (non-hydrogen) atoms. The Bertz CT molecular complexity index is 467. The van der Waals surface area contributed by atoms with E-state index >= 15 is 0 Å². The molecule has 2 aromatic heterocycles. The van der Waals surface area contributed by atoms with Crippen LogP contribution in [0.25, 0.3) is 11.1 Å². The number of aromatic nitrogens is 2. The maximum atomic E-state index is 8.52. The predicted octanol–water partition coefficient (Wildman–Crippen LogP) is 1.40. The molecule has 0 amide bonds. The largest absolute Gasteiger partial charge is 0.427 e. The van der Waals surface area contributed by atoms with Gasteiger partial charge in [-0.1, -0.05) is 0 Å². The predicted molar refractivity (Wildman–Crippen MR) is 41.3 cm³/mol. The second-order valence-corrected chi connectivity index (χ2v) is 2.40. The lowest BCUT2D eigenvalue weighted by Crippen LogP contribution is -1.83. The van der Waals surface area contributed by atoms with Crippen LogP contribution in [0.1, 0.15) is 11.6 Å². The zero-order valence-electron chi connectivity index (χ0n) is 6.40. The Morgan fingerprint density at radius 1 is 1.58 bits per heavy atom. The number of hydrogen-bond acceptors (Lipinski definition) is 4. The maximum Gasteiger partial charge on any atom is 0.231 e. The second-order valence-electron chi connectivity index (χ2n) is 2.40. The molecule has 2 rings (SSSR count). The monoisotopic (exact) mass is 159 g/mol. The van der Waals surface area contributed by atoms with Crippen LogP contribution in [-0.4, -0.2) is 9.97 Å². The second kappa shape index (κ2) is 2.31. The van der Waals surface area contributed by atoms with Gasteiger partial charge in [-0.25, -0.2) is 4.98 Å². The van der Waals surface area contributed by atoms with Crippen LogP contribution in [0.2, 0.25) is 0 Å². The van der Waals surface area contributed by atoms with Crippen LogP contribution in [0.4, 0.5) is 0 Å².